The van der Waals surface area contributed by atoms with Gasteiger partial charge in [-0.25, -0.2) is 0 Å². The van der Waals surface area contributed by atoms with Gasteiger partial charge in [-0.3, -0.25) is 0 Å². The number of hydrogen-bond donors (Lipinski definition) is 0. The predicted molar refractivity (Wildman–Crippen MR) is 244 cm³/mol. The van der Waals surface area contributed by atoms with Gasteiger partial charge in [0.1, 0.15) is 0 Å². The van der Waals surface area contributed by atoms with Crippen molar-refractivity contribution in [3.63, 3.8) is 0 Å². The molecule has 2 heterocycles. The maximum Gasteiger partial charge on any atom is 0.179 e. The van der Waals surface area contributed by atoms with Gasteiger partial charge in [-0.1, -0.05) is 182 Å². The number of benzene rings is 9. The third kappa shape index (κ3) is 5.17. The SMILES string of the molecule is c1ccc(-c2cc([Si](c3ccccc3)(c3ccccc3)c3ccccc3)cc3c2c2ccccc2n3-c2ccc3c(c2)c2ccccc2n3-c2ccccc2)cc1. The average Bonchev–Trinajstić information content (AvgIpc) is 3.81. The van der Waals surface area contributed by atoms with Crippen molar-refractivity contribution in [3.8, 4) is 22.5 Å². The second-order valence-electron chi connectivity index (χ2n) is 14.9. The lowest BCUT2D eigenvalue weighted by Gasteiger charge is -2.35. The second kappa shape index (κ2) is 13.5. The maximum absolute atomic E-state index is 2.89. The van der Waals surface area contributed by atoms with E-state index >= 15 is 0 Å². The van der Waals surface area contributed by atoms with Crippen LogP contribution in [0.1, 0.15) is 0 Å². The molecular formula is C54H38N2Si. The van der Waals surface area contributed by atoms with Crippen LogP contribution in [-0.4, -0.2) is 17.2 Å². The van der Waals surface area contributed by atoms with E-state index in [0.717, 1.165) is 11.4 Å². The molecule has 268 valence electrons. The summed E-state index contributed by atoms with van der Waals surface area (Å²) in [5.74, 6) is 0. The number of aromatic nitrogens is 2. The molecule has 3 heteroatoms. The molecule has 9 aromatic carbocycles. The normalized spacial score (nSPS) is 11.9. The molecule has 57 heavy (non-hydrogen) atoms. The van der Waals surface area contributed by atoms with E-state index in [4.69, 9.17) is 0 Å². The van der Waals surface area contributed by atoms with Crippen LogP contribution in [0, 0.1) is 0 Å². The van der Waals surface area contributed by atoms with E-state index in [-0.39, 0.29) is 0 Å². The lowest BCUT2D eigenvalue weighted by Crippen LogP contribution is -2.74. The highest BCUT2D eigenvalue weighted by atomic mass is 28.3. The Labute approximate surface area is 333 Å². The van der Waals surface area contributed by atoms with Crippen LogP contribution in [0.15, 0.2) is 231 Å². The van der Waals surface area contributed by atoms with Crippen molar-refractivity contribution in [2.45, 2.75) is 0 Å². The zero-order chi connectivity index (χ0) is 37.8. The van der Waals surface area contributed by atoms with Gasteiger partial charge in [0.15, 0.2) is 8.07 Å². The zero-order valence-electron chi connectivity index (χ0n) is 31.3. The van der Waals surface area contributed by atoms with Crippen molar-refractivity contribution in [2.24, 2.45) is 0 Å². The zero-order valence-corrected chi connectivity index (χ0v) is 32.3. The van der Waals surface area contributed by atoms with E-state index in [1.165, 1.54) is 75.5 Å². The van der Waals surface area contributed by atoms with Crippen molar-refractivity contribution >= 4 is 72.4 Å². The lowest BCUT2D eigenvalue weighted by atomic mass is 9.99. The Morgan fingerprint density at radius 1 is 0.281 bits per heavy atom. The van der Waals surface area contributed by atoms with Crippen molar-refractivity contribution in [1.29, 1.82) is 0 Å². The summed E-state index contributed by atoms with van der Waals surface area (Å²) in [4.78, 5) is 0. The highest BCUT2D eigenvalue weighted by molar-refractivity contribution is 7.20. The fourth-order valence-electron chi connectivity index (χ4n) is 9.46. The Bertz CT molecular complexity index is 3110. The molecule has 0 aliphatic carbocycles. The molecule has 0 bridgehead atoms. The van der Waals surface area contributed by atoms with E-state index in [2.05, 4.69) is 240 Å². The minimum atomic E-state index is -2.89. The lowest BCUT2D eigenvalue weighted by molar-refractivity contribution is 1.17. The van der Waals surface area contributed by atoms with E-state index in [1.54, 1.807) is 0 Å². The minimum Gasteiger partial charge on any atom is -0.309 e. The number of nitrogens with zero attached hydrogens (tertiary/aromatic N) is 2. The summed E-state index contributed by atoms with van der Waals surface area (Å²) in [5, 5.41) is 10.4. The van der Waals surface area contributed by atoms with E-state index in [1.807, 2.05) is 0 Å². The van der Waals surface area contributed by atoms with Crippen LogP contribution in [0.25, 0.3) is 66.1 Å². The number of hydrogen-bond acceptors (Lipinski definition) is 0. The van der Waals surface area contributed by atoms with Crippen LogP contribution in [0.4, 0.5) is 0 Å². The minimum absolute atomic E-state index is 1.15. The molecule has 0 aliphatic rings. The van der Waals surface area contributed by atoms with Gasteiger partial charge >= 0.3 is 0 Å². The Kier molecular flexibility index (Phi) is 7.87. The molecule has 0 radical (unpaired) electrons. The van der Waals surface area contributed by atoms with Crippen LogP contribution in [0.5, 0.6) is 0 Å². The number of rotatable bonds is 7. The van der Waals surface area contributed by atoms with Crippen molar-refractivity contribution in [3.05, 3.63) is 231 Å². The molecule has 11 rings (SSSR count). The van der Waals surface area contributed by atoms with Gasteiger partial charge in [0.2, 0.25) is 0 Å². The third-order valence-electron chi connectivity index (χ3n) is 11.8. The number of fused-ring (bicyclic) bond motifs is 6. The summed E-state index contributed by atoms with van der Waals surface area (Å²) in [6.07, 6.45) is 0. The van der Waals surface area contributed by atoms with Gasteiger partial charge < -0.3 is 9.13 Å². The third-order valence-corrected chi connectivity index (χ3v) is 16.6. The molecule has 0 amide bonds. The van der Waals surface area contributed by atoms with Crippen LogP contribution in [0.3, 0.4) is 0 Å². The van der Waals surface area contributed by atoms with Gasteiger partial charge in [0.25, 0.3) is 0 Å². The average molecular weight is 743 g/mol. The summed E-state index contributed by atoms with van der Waals surface area (Å²) in [7, 11) is -2.89. The highest BCUT2D eigenvalue weighted by Gasteiger charge is 2.42. The summed E-state index contributed by atoms with van der Waals surface area (Å²) in [6, 6.07) is 85.3. The fraction of sp³-hybridized carbons (Fsp3) is 0. The van der Waals surface area contributed by atoms with Gasteiger partial charge in [0, 0.05) is 32.9 Å². The first kappa shape index (κ1) is 33.2. The molecule has 2 aromatic heterocycles. The Hall–Kier alpha value is -7.20. The van der Waals surface area contributed by atoms with Crippen molar-refractivity contribution in [2.75, 3.05) is 0 Å². The summed E-state index contributed by atoms with van der Waals surface area (Å²) in [5.41, 5.74) is 9.57. The fourth-order valence-corrected chi connectivity index (χ4v) is 14.2. The second-order valence-corrected chi connectivity index (χ2v) is 18.7. The smallest absolute Gasteiger partial charge is 0.179 e. The topological polar surface area (TPSA) is 9.86 Å². The Morgan fingerprint density at radius 3 is 1.33 bits per heavy atom. The molecule has 0 N–H and O–H groups in total. The molecule has 0 fully saturated rings. The Morgan fingerprint density at radius 2 is 0.737 bits per heavy atom. The quantitative estimate of drug-likeness (QED) is 0.114. The molecule has 11 aromatic rings. The monoisotopic (exact) mass is 742 g/mol. The van der Waals surface area contributed by atoms with Crippen LogP contribution < -0.4 is 20.7 Å². The van der Waals surface area contributed by atoms with Crippen LogP contribution in [0.2, 0.25) is 0 Å². The first-order valence-electron chi connectivity index (χ1n) is 19.7. The van der Waals surface area contributed by atoms with Gasteiger partial charge in [-0.2, -0.15) is 0 Å². The Balaban J connectivity index is 1.29. The molecular weight excluding hydrogens is 705 g/mol. The largest absolute Gasteiger partial charge is 0.309 e. The van der Waals surface area contributed by atoms with E-state index in [9.17, 15) is 0 Å². The summed E-state index contributed by atoms with van der Waals surface area (Å²) in [6.45, 7) is 0. The predicted octanol–water partition coefficient (Wildman–Crippen LogP) is 10.9. The number of para-hydroxylation sites is 3. The first-order chi connectivity index (χ1) is 28.3. The molecule has 0 unspecified atom stereocenters. The van der Waals surface area contributed by atoms with E-state index < -0.39 is 8.07 Å². The van der Waals surface area contributed by atoms with E-state index in [0.29, 0.717) is 0 Å². The van der Waals surface area contributed by atoms with Crippen molar-refractivity contribution in [1.82, 2.24) is 9.13 Å². The summed E-state index contributed by atoms with van der Waals surface area (Å²) < 4.78 is 4.92. The summed E-state index contributed by atoms with van der Waals surface area (Å²) >= 11 is 0. The first-order valence-corrected chi connectivity index (χ1v) is 21.7. The van der Waals surface area contributed by atoms with Crippen LogP contribution in [-0.2, 0) is 0 Å². The standard InChI is InChI=1S/C54H38N2Si/c1-6-20-39(21-7-1)48-37-45(57(42-24-10-3-11-25-42,43-26-12-4-13-27-43)44-28-14-5-15-29-44)38-53-54(48)47-31-17-19-33-51(47)56(53)41-34-35-52-49(36-41)46-30-16-18-32-50(46)55(52)40-22-8-2-9-23-40/h1-38H. The maximum atomic E-state index is 2.54. The molecule has 0 saturated carbocycles. The molecule has 0 spiro atoms. The molecule has 0 saturated heterocycles. The molecule has 0 aliphatic heterocycles. The molecule has 0 atom stereocenters. The highest BCUT2D eigenvalue weighted by Crippen LogP contribution is 2.40. The van der Waals surface area contributed by atoms with Crippen molar-refractivity contribution < 1.29 is 0 Å². The van der Waals surface area contributed by atoms with Crippen LogP contribution >= 0.6 is 0 Å². The molecule has 2 nitrogen and oxygen atoms in total. The van der Waals surface area contributed by atoms with Gasteiger partial charge in [-0.05, 0) is 80.4 Å². The van der Waals surface area contributed by atoms with Gasteiger partial charge in [0.05, 0.1) is 22.1 Å². The van der Waals surface area contributed by atoms with Gasteiger partial charge in [-0.15, -0.1) is 0 Å².